The molecule has 0 saturated heterocycles. The maximum absolute atomic E-state index is 12.1. The summed E-state index contributed by atoms with van der Waals surface area (Å²) in [5.41, 5.74) is 2.44. The van der Waals surface area contributed by atoms with Crippen LogP contribution in [0.3, 0.4) is 0 Å². The molecule has 1 heterocycles. The van der Waals surface area contributed by atoms with E-state index in [-0.39, 0.29) is 18.2 Å². The minimum absolute atomic E-state index is 0.0624. The minimum atomic E-state index is -0.0624. The normalized spacial score (nSPS) is 19.3. The van der Waals surface area contributed by atoms with Gasteiger partial charge in [0.1, 0.15) is 6.10 Å². The number of rotatable bonds is 7. The summed E-state index contributed by atoms with van der Waals surface area (Å²) in [6, 6.07) is 14.4. The van der Waals surface area contributed by atoms with Gasteiger partial charge in [-0.2, -0.15) is 0 Å². The Kier molecular flexibility index (Phi) is 7.08. The molecule has 5 nitrogen and oxygen atoms in total. The molecular formula is C22H29N3O2. The number of nitrogens with zero attached hydrogens (tertiary/aromatic N) is 1. The third-order valence-electron chi connectivity index (χ3n) is 4.95. The molecule has 144 valence electrons. The zero-order chi connectivity index (χ0) is 18.9. The average Bonchev–Trinajstić information content (AvgIpc) is 2.69. The Morgan fingerprint density at radius 2 is 1.89 bits per heavy atom. The van der Waals surface area contributed by atoms with Gasteiger partial charge in [0.25, 0.3) is 0 Å². The summed E-state index contributed by atoms with van der Waals surface area (Å²) >= 11 is 0. The molecule has 27 heavy (non-hydrogen) atoms. The van der Waals surface area contributed by atoms with Crippen LogP contribution in [0.2, 0.25) is 0 Å². The van der Waals surface area contributed by atoms with E-state index in [1.54, 1.807) is 0 Å². The Morgan fingerprint density at radius 1 is 1.11 bits per heavy atom. The predicted molar refractivity (Wildman–Crippen MR) is 107 cm³/mol. The van der Waals surface area contributed by atoms with Crippen LogP contribution in [-0.4, -0.2) is 29.7 Å². The number of amides is 2. The second-order valence-electron chi connectivity index (χ2n) is 7.25. The second kappa shape index (κ2) is 9.95. The van der Waals surface area contributed by atoms with Gasteiger partial charge in [-0.3, -0.25) is 0 Å². The van der Waals surface area contributed by atoms with Gasteiger partial charge < -0.3 is 15.4 Å². The molecule has 2 amide bonds. The van der Waals surface area contributed by atoms with E-state index in [1.165, 1.54) is 5.56 Å². The number of hydrogen-bond donors (Lipinski definition) is 2. The van der Waals surface area contributed by atoms with E-state index in [2.05, 4.69) is 27.8 Å². The summed E-state index contributed by atoms with van der Waals surface area (Å²) in [5, 5.41) is 6.05. The molecule has 3 rings (SSSR count). The number of carbonyl (C=O) groups excluding carboxylic acids is 1. The largest absolute Gasteiger partial charge is 0.474 e. The molecule has 0 bridgehead atoms. The molecule has 1 saturated carbocycles. The Hall–Kier alpha value is -2.56. The minimum Gasteiger partial charge on any atom is -0.474 e. The first-order valence-electron chi connectivity index (χ1n) is 9.86. The van der Waals surface area contributed by atoms with Crippen molar-refractivity contribution in [2.24, 2.45) is 0 Å². The molecule has 2 aromatic rings. The fourth-order valence-corrected chi connectivity index (χ4v) is 3.40. The zero-order valence-corrected chi connectivity index (χ0v) is 16.0. The van der Waals surface area contributed by atoms with Gasteiger partial charge in [0.15, 0.2) is 0 Å². The van der Waals surface area contributed by atoms with E-state index in [9.17, 15) is 4.79 Å². The zero-order valence-electron chi connectivity index (χ0n) is 16.0. The Bertz CT molecular complexity index is 695. The number of nitrogens with one attached hydrogen (secondary N) is 2. The average molecular weight is 367 g/mol. The highest BCUT2D eigenvalue weighted by Gasteiger charge is 2.23. The Labute approximate surface area is 161 Å². The van der Waals surface area contributed by atoms with Crippen LogP contribution < -0.4 is 15.4 Å². The van der Waals surface area contributed by atoms with Crippen molar-refractivity contribution in [3.63, 3.8) is 0 Å². The van der Waals surface area contributed by atoms with Gasteiger partial charge in [0.05, 0.1) is 0 Å². The Morgan fingerprint density at radius 3 is 2.59 bits per heavy atom. The lowest BCUT2D eigenvalue weighted by Gasteiger charge is -2.29. The van der Waals surface area contributed by atoms with Crippen molar-refractivity contribution in [2.75, 3.05) is 6.54 Å². The van der Waals surface area contributed by atoms with Crippen molar-refractivity contribution >= 4 is 6.03 Å². The molecule has 1 aliphatic carbocycles. The van der Waals surface area contributed by atoms with Crippen molar-refractivity contribution < 1.29 is 9.53 Å². The number of urea groups is 1. The smallest absolute Gasteiger partial charge is 0.315 e. The van der Waals surface area contributed by atoms with E-state index in [0.29, 0.717) is 12.4 Å². The number of benzene rings is 1. The van der Waals surface area contributed by atoms with Crippen LogP contribution in [0.15, 0.2) is 48.7 Å². The van der Waals surface area contributed by atoms with Crippen LogP contribution in [0.25, 0.3) is 0 Å². The van der Waals surface area contributed by atoms with Gasteiger partial charge in [-0.25, -0.2) is 9.78 Å². The fourth-order valence-electron chi connectivity index (χ4n) is 3.40. The maximum atomic E-state index is 12.1. The van der Waals surface area contributed by atoms with Gasteiger partial charge in [-0.15, -0.1) is 0 Å². The first kappa shape index (κ1) is 19.2. The predicted octanol–water partition coefficient (Wildman–Crippen LogP) is 4.01. The van der Waals surface area contributed by atoms with Crippen molar-refractivity contribution in [2.45, 2.75) is 57.6 Å². The molecule has 2 N–H and O–H groups in total. The molecule has 1 fully saturated rings. The van der Waals surface area contributed by atoms with Gasteiger partial charge >= 0.3 is 6.03 Å². The van der Waals surface area contributed by atoms with E-state index < -0.39 is 0 Å². The molecule has 0 unspecified atom stereocenters. The molecule has 0 radical (unpaired) electrons. The summed E-state index contributed by atoms with van der Waals surface area (Å²) in [5.74, 6) is 0.688. The SMILES string of the molecule is Cc1ccc(OC2CCC(NC(=O)NCCCc3ccccc3)CC2)nc1. The fraction of sp³-hybridized carbons (Fsp3) is 0.455. The lowest BCUT2D eigenvalue weighted by molar-refractivity contribution is 0.135. The summed E-state index contributed by atoms with van der Waals surface area (Å²) in [6.45, 7) is 2.71. The van der Waals surface area contributed by atoms with Crippen LogP contribution in [0.1, 0.15) is 43.2 Å². The van der Waals surface area contributed by atoms with Crippen molar-refractivity contribution in [1.29, 1.82) is 0 Å². The summed E-state index contributed by atoms with van der Waals surface area (Å²) < 4.78 is 5.95. The number of pyridine rings is 1. The lowest BCUT2D eigenvalue weighted by Crippen LogP contribution is -2.45. The highest BCUT2D eigenvalue weighted by molar-refractivity contribution is 5.74. The standard InChI is InChI=1S/C22H29N3O2/c1-17-9-14-21(24-16-17)27-20-12-10-19(11-13-20)25-22(26)23-15-5-8-18-6-3-2-4-7-18/h2-4,6-7,9,14,16,19-20H,5,8,10-13,15H2,1H3,(H2,23,25,26). The topological polar surface area (TPSA) is 63.2 Å². The lowest BCUT2D eigenvalue weighted by atomic mass is 9.93. The highest BCUT2D eigenvalue weighted by atomic mass is 16.5. The monoisotopic (exact) mass is 367 g/mol. The molecule has 5 heteroatoms. The summed E-state index contributed by atoms with van der Waals surface area (Å²) in [4.78, 5) is 16.4. The summed E-state index contributed by atoms with van der Waals surface area (Å²) in [7, 11) is 0. The van der Waals surface area contributed by atoms with E-state index in [0.717, 1.165) is 44.1 Å². The van der Waals surface area contributed by atoms with Crippen LogP contribution in [-0.2, 0) is 6.42 Å². The van der Waals surface area contributed by atoms with Gasteiger partial charge in [0.2, 0.25) is 5.88 Å². The van der Waals surface area contributed by atoms with Crippen LogP contribution in [0.5, 0.6) is 5.88 Å². The molecule has 1 aromatic carbocycles. The van der Waals surface area contributed by atoms with Crippen LogP contribution >= 0.6 is 0 Å². The van der Waals surface area contributed by atoms with Gasteiger partial charge in [-0.1, -0.05) is 36.4 Å². The number of hydrogen-bond acceptors (Lipinski definition) is 3. The van der Waals surface area contributed by atoms with E-state index in [1.807, 2.05) is 43.5 Å². The molecule has 0 spiro atoms. The Balaban J connectivity index is 1.29. The van der Waals surface area contributed by atoms with Crippen molar-refractivity contribution in [1.82, 2.24) is 15.6 Å². The number of aromatic nitrogens is 1. The number of carbonyl (C=O) groups is 1. The maximum Gasteiger partial charge on any atom is 0.315 e. The third kappa shape index (κ3) is 6.59. The molecule has 0 atom stereocenters. The van der Waals surface area contributed by atoms with Crippen LogP contribution in [0.4, 0.5) is 4.79 Å². The van der Waals surface area contributed by atoms with Crippen molar-refractivity contribution in [3.8, 4) is 5.88 Å². The summed E-state index contributed by atoms with van der Waals surface area (Å²) in [6.07, 6.45) is 7.69. The molecule has 1 aliphatic rings. The first-order chi connectivity index (χ1) is 13.2. The number of ether oxygens (including phenoxy) is 1. The van der Waals surface area contributed by atoms with Gasteiger partial charge in [-0.05, 0) is 56.6 Å². The third-order valence-corrected chi connectivity index (χ3v) is 4.95. The molecule has 1 aromatic heterocycles. The quantitative estimate of drug-likeness (QED) is 0.727. The second-order valence-corrected chi connectivity index (χ2v) is 7.25. The van der Waals surface area contributed by atoms with Crippen LogP contribution in [0, 0.1) is 6.92 Å². The highest BCUT2D eigenvalue weighted by Crippen LogP contribution is 2.23. The first-order valence-corrected chi connectivity index (χ1v) is 9.86. The number of aryl methyl sites for hydroxylation is 2. The van der Waals surface area contributed by atoms with Crippen molar-refractivity contribution in [3.05, 3.63) is 59.8 Å². The van der Waals surface area contributed by atoms with E-state index in [4.69, 9.17) is 4.74 Å². The van der Waals surface area contributed by atoms with Gasteiger partial charge in [0, 0.05) is 24.8 Å². The van der Waals surface area contributed by atoms with E-state index >= 15 is 0 Å². The molecular weight excluding hydrogens is 338 g/mol. The molecule has 0 aliphatic heterocycles.